The van der Waals surface area contributed by atoms with Crippen molar-refractivity contribution in [3.63, 3.8) is 0 Å². The van der Waals surface area contributed by atoms with E-state index in [0.29, 0.717) is 11.8 Å². The molecule has 1 aromatic rings. The molecule has 0 aliphatic rings. The molecule has 0 bridgehead atoms. The lowest BCUT2D eigenvalue weighted by molar-refractivity contribution is 0.112. The second-order valence-electron chi connectivity index (χ2n) is 2.78. The number of rotatable bonds is 2. The van der Waals surface area contributed by atoms with Gasteiger partial charge in [0.25, 0.3) is 0 Å². The summed E-state index contributed by atoms with van der Waals surface area (Å²) in [4.78, 5) is 10.6. The summed E-state index contributed by atoms with van der Waals surface area (Å²) in [6, 6.07) is 3.69. The summed E-state index contributed by atoms with van der Waals surface area (Å²) in [6.45, 7) is 7.74. The molecule has 0 aromatic heterocycles. The highest BCUT2D eigenvalue weighted by molar-refractivity contribution is 5.82. The van der Waals surface area contributed by atoms with Crippen molar-refractivity contribution in [2.45, 2.75) is 34.1 Å². The second kappa shape index (κ2) is 6.19. The van der Waals surface area contributed by atoms with Crippen molar-refractivity contribution in [3.8, 4) is 5.75 Å². The summed E-state index contributed by atoms with van der Waals surface area (Å²) in [7, 11) is 0. The van der Waals surface area contributed by atoms with Crippen molar-refractivity contribution in [1.82, 2.24) is 0 Å². The molecule has 0 saturated carbocycles. The molecule has 2 heteroatoms. The van der Waals surface area contributed by atoms with Gasteiger partial charge in [0.2, 0.25) is 0 Å². The van der Waals surface area contributed by atoms with Crippen molar-refractivity contribution >= 4 is 6.29 Å². The Balaban J connectivity index is 0.000000791. The molecule has 0 amide bonds. The average Bonchev–Trinajstić information content (AvgIpc) is 2.24. The summed E-state index contributed by atoms with van der Waals surface area (Å²) >= 11 is 0. The van der Waals surface area contributed by atoms with Gasteiger partial charge in [-0.05, 0) is 24.5 Å². The van der Waals surface area contributed by atoms with Gasteiger partial charge in [0.1, 0.15) is 5.75 Å². The van der Waals surface area contributed by atoms with E-state index in [4.69, 9.17) is 0 Å². The highest BCUT2D eigenvalue weighted by Crippen LogP contribution is 2.23. The fraction of sp³-hybridized carbons (Fsp3) is 0.417. The SMILES string of the molecule is CC.CCc1ccc(C)c(O)c1C=O. The molecular weight excluding hydrogens is 176 g/mol. The molecule has 0 unspecified atom stereocenters. The standard InChI is InChI=1S/C10H12O2.C2H6/c1-3-8-5-4-7(2)10(12)9(8)6-11;1-2/h4-6,12H,3H2,1-2H3;1-2H3. The summed E-state index contributed by atoms with van der Waals surface area (Å²) in [5.74, 6) is 0.115. The van der Waals surface area contributed by atoms with E-state index < -0.39 is 0 Å². The molecule has 1 rings (SSSR count). The summed E-state index contributed by atoms with van der Waals surface area (Å²) < 4.78 is 0. The molecule has 0 heterocycles. The van der Waals surface area contributed by atoms with Crippen molar-refractivity contribution in [1.29, 1.82) is 0 Å². The maximum atomic E-state index is 10.6. The van der Waals surface area contributed by atoms with Crippen LogP contribution in [0.2, 0.25) is 0 Å². The van der Waals surface area contributed by atoms with E-state index in [2.05, 4.69) is 0 Å². The molecule has 0 aliphatic carbocycles. The van der Waals surface area contributed by atoms with Crippen LogP contribution in [0.25, 0.3) is 0 Å². The van der Waals surface area contributed by atoms with E-state index in [1.54, 1.807) is 6.92 Å². The molecule has 0 aliphatic heterocycles. The first-order valence-corrected chi connectivity index (χ1v) is 4.97. The molecule has 0 spiro atoms. The Hall–Kier alpha value is -1.31. The molecule has 78 valence electrons. The van der Waals surface area contributed by atoms with Crippen molar-refractivity contribution in [3.05, 3.63) is 28.8 Å². The third-order valence-electron chi connectivity index (χ3n) is 2.01. The van der Waals surface area contributed by atoms with Crippen LogP contribution in [0.4, 0.5) is 0 Å². The van der Waals surface area contributed by atoms with Crippen LogP contribution in [-0.2, 0) is 6.42 Å². The minimum Gasteiger partial charge on any atom is -0.507 e. The van der Waals surface area contributed by atoms with E-state index in [-0.39, 0.29) is 5.75 Å². The van der Waals surface area contributed by atoms with Crippen molar-refractivity contribution in [2.24, 2.45) is 0 Å². The van der Waals surface area contributed by atoms with E-state index >= 15 is 0 Å². The maximum Gasteiger partial charge on any atom is 0.154 e. The number of aldehydes is 1. The Kier molecular flexibility index (Phi) is 5.61. The molecule has 0 radical (unpaired) electrons. The molecule has 1 aromatic carbocycles. The Labute approximate surface area is 85.6 Å². The van der Waals surface area contributed by atoms with Gasteiger partial charge >= 0.3 is 0 Å². The van der Waals surface area contributed by atoms with Crippen LogP contribution < -0.4 is 0 Å². The zero-order chi connectivity index (χ0) is 11.1. The lowest BCUT2D eigenvalue weighted by Crippen LogP contribution is -1.92. The highest BCUT2D eigenvalue weighted by atomic mass is 16.3. The van der Waals surface area contributed by atoms with Crippen molar-refractivity contribution in [2.75, 3.05) is 0 Å². The summed E-state index contributed by atoms with van der Waals surface area (Å²) in [6.07, 6.45) is 1.48. The third kappa shape index (κ3) is 2.59. The predicted octanol–water partition coefficient (Wildman–Crippen LogP) is 3.10. The first kappa shape index (κ1) is 12.7. The number of aryl methyl sites for hydroxylation is 2. The topological polar surface area (TPSA) is 37.3 Å². The van der Waals surface area contributed by atoms with Crippen molar-refractivity contribution < 1.29 is 9.90 Å². The van der Waals surface area contributed by atoms with Gasteiger partial charge in [0.05, 0.1) is 5.56 Å². The fourth-order valence-electron chi connectivity index (χ4n) is 1.20. The van der Waals surface area contributed by atoms with Gasteiger partial charge in [-0.2, -0.15) is 0 Å². The number of hydrogen-bond donors (Lipinski definition) is 1. The fourth-order valence-corrected chi connectivity index (χ4v) is 1.20. The number of carbonyl (C=O) groups is 1. The Morgan fingerprint density at radius 2 is 1.93 bits per heavy atom. The first-order chi connectivity index (χ1) is 6.70. The monoisotopic (exact) mass is 194 g/mol. The van der Waals surface area contributed by atoms with Gasteiger partial charge in [-0.25, -0.2) is 0 Å². The lowest BCUT2D eigenvalue weighted by atomic mass is 10.0. The van der Waals surface area contributed by atoms with Gasteiger partial charge in [-0.3, -0.25) is 4.79 Å². The maximum absolute atomic E-state index is 10.6. The largest absolute Gasteiger partial charge is 0.507 e. The van der Waals surface area contributed by atoms with Gasteiger partial charge in [0, 0.05) is 0 Å². The molecule has 14 heavy (non-hydrogen) atoms. The minimum absolute atomic E-state index is 0.115. The van der Waals surface area contributed by atoms with E-state index in [9.17, 15) is 9.90 Å². The molecule has 2 nitrogen and oxygen atoms in total. The number of phenols is 1. The summed E-state index contributed by atoms with van der Waals surface area (Å²) in [5.41, 5.74) is 2.07. The number of benzene rings is 1. The average molecular weight is 194 g/mol. The Morgan fingerprint density at radius 1 is 1.36 bits per heavy atom. The number of aromatic hydroxyl groups is 1. The predicted molar refractivity (Wildman–Crippen MR) is 59.0 cm³/mol. The Bertz CT molecular complexity index is 303. The highest BCUT2D eigenvalue weighted by Gasteiger charge is 2.07. The molecular formula is C12H18O2. The molecule has 0 fully saturated rings. The molecule has 1 N–H and O–H groups in total. The van der Waals surface area contributed by atoms with Crippen LogP contribution >= 0.6 is 0 Å². The van der Waals surface area contributed by atoms with E-state index in [0.717, 1.165) is 17.5 Å². The van der Waals surface area contributed by atoms with E-state index in [1.807, 2.05) is 32.9 Å². The lowest BCUT2D eigenvalue weighted by Gasteiger charge is -2.05. The van der Waals surface area contributed by atoms with E-state index in [1.165, 1.54) is 0 Å². The third-order valence-corrected chi connectivity index (χ3v) is 2.01. The minimum atomic E-state index is 0.115. The molecule has 0 saturated heterocycles. The first-order valence-electron chi connectivity index (χ1n) is 4.97. The zero-order valence-electron chi connectivity index (χ0n) is 9.29. The van der Waals surface area contributed by atoms with Gasteiger partial charge in [-0.1, -0.05) is 32.9 Å². The van der Waals surface area contributed by atoms with Gasteiger partial charge < -0.3 is 5.11 Å². The van der Waals surface area contributed by atoms with Crippen LogP contribution in [0.5, 0.6) is 5.75 Å². The van der Waals surface area contributed by atoms with Crippen LogP contribution in [0.15, 0.2) is 12.1 Å². The quantitative estimate of drug-likeness (QED) is 0.734. The normalized spacial score (nSPS) is 8.86. The Morgan fingerprint density at radius 3 is 2.36 bits per heavy atom. The summed E-state index contributed by atoms with van der Waals surface area (Å²) in [5, 5.41) is 9.48. The number of carbonyl (C=O) groups excluding carboxylic acids is 1. The number of hydrogen-bond acceptors (Lipinski definition) is 2. The number of phenolic OH excluding ortho intramolecular Hbond substituents is 1. The van der Waals surface area contributed by atoms with Crippen LogP contribution in [-0.4, -0.2) is 11.4 Å². The van der Waals surface area contributed by atoms with Gasteiger partial charge in [0.15, 0.2) is 6.29 Å². The molecule has 0 atom stereocenters. The second-order valence-corrected chi connectivity index (χ2v) is 2.78. The van der Waals surface area contributed by atoms with Crippen LogP contribution in [0.3, 0.4) is 0 Å². The van der Waals surface area contributed by atoms with Crippen LogP contribution in [0, 0.1) is 6.92 Å². The van der Waals surface area contributed by atoms with Gasteiger partial charge in [-0.15, -0.1) is 0 Å². The smallest absolute Gasteiger partial charge is 0.154 e. The zero-order valence-corrected chi connectivity index (χ0v) is 9.29. The van der Waals surface area contributed by atoms with Crippen LogP contribution in [0.1, 0.15) is 42.3 Å².